The Morgan fingerprint density at radius 2 is 1.67 bits per heavy atom. The van der Waals surface area contributed by atoms with Crippen molar-refractivity contribution >= 4 is 11.8 Å². The van der Waals surface area contributed by atoms with Crippen LogP contribution < -0.4 is 0 Å². The third kappa shape index (κ3) is 2.61. The lowest BCUT2D eigenvalue weighted by Crippen LogP contribution is -2.44. The molecule has 3 heteroatoms. The van der Waals surface area contributed by atoms with Gasteiger partial charge in [0.1, 0.15) is 0 Å². The standard InChI is InChI=1S/C15H18O3/c1-12(16)18-15(10-6-3-7-11-15)14(17)13-8-4-2-5-9-13/h2,4-5,8-9H,3,6-7,10-11H2,1H3. The van der Waals surface area contributed by atoms with E-state index in [1.807, 2.05) is 18.2 Å². The van der Waals surface area contributed by atoms with Crippen molar-refractivity contribution < 1.29 is 14.3 Å². The molecule has 0 N–H and O–H groups in total. The summed E-state index contributed by atoms with van der Waals surface area (Å²) in [5.41, 5.74) is -0.300. The van der Waals surface area contributed by atoms with E-state index in [0.29, 0.717) is 18.4 Å². The third-order valence-corrected chi connectivity index (χ3v) is 3.45. The molecular weight excluding hydrogens is 228 g/mol. The van der Waals surface area contributed by atoms with Gasteiger partial charge in [0.25, 0.3) is 0 Å². The fourth-order valence-electron chi connectivity index (χ4n) is 2.63. The quantitative estimate of drug-likeness (QED) is 0.608. The average Bonchev–Trinajstić information content (AvgIpc) is 2.39. The van der Waals surface area contributed by atoms with Gasteiger partial charge in [0.15, 0.2) is 5.60 Å². The molecule has 0 amide bonds. The van der Waals surface area contributed by atoms with Crippen LogP contribution in [0.15, 0.2) is 30.3 Å². The summed E-state index contributed by atoms with van der Waals surface area (Å²) in [6.07, 6.45) is 4.25. The summed E-state index contributed by atoms with van der Waals surface area (Å²) in [4.78, 5) is 23.9. The molecule has 0 aromatic heterocycles. The summed E-state index contributed by atoms with van der Waals surface area (Å²) in [5, 5.41) is 0. The molecule has 1 saturated carbocycles. The van der Waals surface area contributed by atoms with Crippen LogP contribution in [-0.4, -0.2) is 17.4 Å². The van der Waals surface area contributed by atoms with E-state index < -0.39 is 5.60 Å². The zero-order chi connectivity index (χ0) is 13.0. The van der Waals surface area contributed by atoms with Gasteiger partial charge in [-0.2, -0.15) is 0 Å². The number of hydrogen-bond donors (Lipinski definition) is 0. The number of ether oxygens (including phenoxy) is 1. The first-order valence-electron chi connectivity index (χ1n) is 6.43. The van der Waals surface area contributed by atoms with Gasteiger partial charge in [0, 0.05) is 12.5 Å². The topological polar surface area (TPSA) is 43.4 Å². The molecule has 0 heterocycles. The van der Waals surface area contributed by atoms with E-state index in [9.17, 15) is 9.59 Å². The Morgan fingerprint density at radius 3 is 2.22 bits per heavy atom. The minimum absolute atomic E-state index is 0.0574. The van der Waals surface area contributed by atoms with Gasteiger partial charge in [0.2, 0.25) is 5.78 Å². The number of esters is 1. The second-order valence-corrected chi connectivity index (χ2v) is 4.84. The van der Waals surface area contributed by atoms with E-state index in [1.165, 1.54) is 6.92 Å². The molecule has 2 rings (SSSR count). The Kier molecular flexibility index (Phi) is 3.80. The Balaban J connectivity index is 2.28. The van der Waals surface area contributed by atoms with E-state index in [0.717, 1.165) is 19.3 Å². The summed E-state index contributed by atoms with van der Waals surface area (Å²) in [7, 11) is 0. The van der Waals surface area contributed by atoms with Crippen LogP contribution in [0.5, 0.6) is 0 Å². The number of benzene rings is 1. The number of hydrogen-bond acceptors (Lipinski definition) is 3. The van der Waals surface area contributed by atoms with Crippen molar-refractivity contribution in [3.05, 3.63) is 35.9 Å². The van der Waals surface area contributed by atoms with Crippen LogP contribution in [0.2, 0.25) is 0 Å². The van der Waals surface area contributed by atoms with Crippen LogP contribution in [0.4, 0.5) is 0 Å². The van der Waals surface area contributed by atoms with Crippen molar-refractivity contribution in [2.45, 2.75) is 44.6 Å². The lowest BCUT2D eigenvalue weighted by molar-refractivity contribution is -0.155. The van der Waals surface area contributed by atoms with Gasteiger partial charge in [-0.3, -0.25) is 9.59 Å². The minimum Gasteiger partial charge on any atom is -0.451 e. The van der Waals surface area contributed by atoms with Crippen molar-refractivity contribution in [1.29, 1.82) is 0 Å². The van der Waals surface area contributed by atoms with Gasteiger partial charge in [-0.15, -0.1) is 0 Å². The smallest absolute Gasteiger partial charge is 0.303 e. The summed E-state index contributed by atoms with van der Waals surface area (Å²) in [6.45, 7) is 1.37. The van der Waals surface area contributed by atoms with Crippen molar-refractivity contribution in [3.8, 4) is 0 Å². The average molecular weight is 246 g/mol. The highest BCUT2D eigenvalue weighted by atomic mass is 16.6. The molecule has 1 aromatic carbocycles. The second kappa shape index (κ2) is 5.34. The predicted octanol–water partition coefficient (Wildman–Crippen LogP) is 3.14. The lowest BCUT2D eigenvalue weighted by Gasteiger charge is -2.35. The molecule has 1 aliphatic carbocycles. The molecule has 0 spiro atoms. The third-order valence-electron chi connectivity index (χ3n) is 3.45. The largest absolute Gasteiger partial charge is 0.451 e. The summed E-state index contributed by atoms with van der Waals surface area (Å²) < 4.78 is 5.41. The van der Waals surface area contributed by atoms with Crippen LogP contribution in [-0.2, 0) is 9.53 Å². The first-order valence-corrected chi connectivity index (χ1v) is 6.43. The van der Waals surface area contributed by atoms with Gasteiger partial charge in [-0.25, -0.2) is 0 Å². The molecule has 96 valence electrons. The number of ketones is 1. The molecule has 0 radical (unpaired) electrons. The Bertz CT molecular complexity index is 430. The van der Waals surface area contributed by atoms with Gasteiger partial charge < -0.3 is 4.74 Å². The van der Waals surface area contributed by atoms with Crippen molar-refractivity contribution in [2.75, 3.05) is 0 Å². The molecule has 0 unspecified atom stereocenters. The Labute approximate surface area is 107 Å². The summed E-state index contributed by atoms with van der Waals surface area (Å²) in [6, 6.07) is 9.09. The first kappa shape index (κ1) is 12.8. The summed E-state index contributed by atoms with van der Waals surface area (Å²) in [5.74, 6) is -0.431. The maximum atomic E-state index is 12.6. The number of carbonyl (C=O) groups excluding carboxylic acids is 2. The molecule has 1 aromatic rings. The van der Waals surface area contributed by atoms with Crippen molar-refractivity contribution in [2.24, 2.45) is 0 Å². The van der Waals surface area contributed by atoms with Crippen LogP contribution in [0, 0.1) is 0 Å². The van der Waals surface area contributed by atoms with E-state index in [4.69, 9.17) is 4.74 Å². The number of carbonyl (C=O) groups is 2. The van der Waals surface area contributed by atoms with Crippen LogP contribution >= 0.6 is 0 Å². The first-order chi connectivity index (χ1) is 8.64. The number of Topliss-reactive ketones (excluding diaryl/α,β-unsaturated/α-hetero) is 1. The molecule has 0 saturated heterocycles. The molecule has 1 fully saturated rings. The monoisotopic (exact) mass is 246 g/mol. The predicted molar refractivity (Wildman–Crippen MR) is 68.4 cm³/mol. The van der Waals surface area contributed by atoms with Crippen LogP contribution in [0.3, 0.4) is 0 Å². The van der Waals surface area contributed by atoms with Gasteiger partial charge >= 0.3 is 5.97 Å². The zero-order valence-electron chi connectivity index (χ0n) is 10.6. The molecule has 1 aliphatic rings. The highest BCUT2D eigenvalue weighted by molar-refractivity contribution is 6.03. The maximum Gasteiger partial charge on any atom is 0.303 e. The molecular formula is C15H18O3. The van der Waals surface area contributed by atoms with E-state index in [1.54, 1.807) is 12.1 Å². The fraction of sp³-hybridized carbons (Fsp3) is 0.467. The van der Waals surface area contributed by atoms with Crippen molar-refractivity contribution in [1.82, 2.24) is 0 Å². The Hall–Kier alpha value is -1.64. The molecule has 0 atom stereocenters. The second-order valence-electron chi connectivity index (χ2n) is 4.84. The summed E-state index contributed by atoms with van der Waals surface area (Å²) >= 11 is 0. The SMILES string of the molecule is CC(=O)OC1(C(=O)c2ccccc2)CCCCC1. The van der Waals surface area contributed by atoms with Gasteiger partial charge in [0.05, 0.1) is 0 Å². The van der Waals surface area contributed by atoms with Crippen LogP contribution in [0.25, 0.3) is 0 Å². The van der Waals surface area contributed by atoms with Crippen molar-refractivity contribution in [3.63, 3.8) is 0 Å². The highest BCUT2D eigenvalue weighted by Crippen LogP contribution is 2.34. The molecule has 0 bridgehead atoms. The lowest BCUT2D eigenvalue weighted by atomic mass is 9.79. The highest BCUT2D eigenvalue weighted by Gasteiger charge is 2.42. The fourth-order valence-corrected chi connectivity index (χ4v) is 2.63. The van der Waals surface area contributed by atoms with E-state index in [-0.39, 0.29) is 11.8 Å². The molecule has 0 aliphatic heterocycles. The molecule has 3 nitrogen and oxygen atoms in total. The van der Waals surface area contributed by atoms with Gasteiger partial charge in [-0.1, -0.05) is 36.8 Å². The Morgan fingerprint density at radius 1 is 1.06 bits per heavy atom. The number of rotatable bonds is 3. The van der Waals surface area contributed by atoms with Crippen LogP contribution in [0.1, 0.15) is 49.4 Å². The van der Waals surface area contributed by atoms with E-state index >= 15 is 0 Å². The normalized spacial score (nSPS) is 18.1. The van der Waals surface area contributed by atoms with Gasteiger partial charge in [-0.05, 0) is 25.7 Å². The van der Waals surface area contributed by atoms with E-state index in [2.05, 4.69) is 0 Å². The maximum absolute atomic E-state index is 12.6. The molecule has 18 heavy (non-hydrogen) atoms. The zero-order valence-corrected chi connectivity index (χ0v) is 10.6. The minimum atomic E-state index is -0.925.